The number of hydrogen-bond acceptors (Lipinski definition) is 7. The Morgan fingerprint density at radius 3 is 1.93 bits per heavy atom. The zero-order chi connectivity index (χ0) is 20.8. The van der Waals surface area contributed by atoms with Crippen LogP contribution in [0.1, 0.15) is 39.0 Å². The van der Waals surface area contributed by atoms with Gasteiger partial charge in [0.2, 0.25) is 0 Å². The van der Waals surface area contributed by atoms with Gasteiger partial charge in [0.15, 0.2) is 5.78 Å². The Balaban J connectivity index is 3.76. The van der Waals surface area contributed by atoms with Gasteiger partial charge in [-0.05, 0) is 47.0 Å². The van der Waals surface area contributed by atoms with Crippen LogP contribution in [0.4, 0.5) is 0 Å². The molecule has 8 nitrogen and oxygen atoms in total. The van der Waals surface area contributed by atoms with E-state index in [9.17, 15) is 19.5 Å². The molecule has 0 amide bonds. The molecule has 0 aromatic carbocycles. The number of nitrogens with zero attached hydrogens (tertiary/aromatic N) is 3. The molecule has 0 bridgehead atoms. The summed E-state index contributed by atoms with van der Waals surface area (Å²) in [5.41, 5.74) is 0. The minimum atomic E-state index is -0.869. The zero-order valence-electron chi connectivity index (χ0n) is 17.3. The number of carboxylic acid groups (broad SMARTS) is 1. The molecular weight excluding hydrogens is 350 g/mol. The zero-order valence-corrected chi connectivity index (χ0v) is 17.3. The van der Waals surface area contributed by atoms with E-state index in [4.69, 9.17) is 5.11 Å². The highest BCUT2D eigenvalue weighted by Crippen LogP contribution is 2.04. The number of aliphatic hydroxyl groups excluding tert-OH is 1. The minimum Gasteiger partial charge on any atom is -0.480 e. The number of rotatable bonds is 17. The summed E-state index contributed by atoms with van der Waals surface area (Å²) >= 11 is 0. The monoisotopic (exact) mass is 387 g/mol. The summed E-state index contributed by atoms with van der Waals surface area (Å²) in [5, 5.41) is 18.2. The highest BCUT2D eigenvalue weighted by Gasteiger charge is 2.14. The van der Waals surface area contributed by atoms with Gasteiger partial charge in [0, 0.05) is 19.5 Å². The SMILES string of the molecule is CC[C@H](O)C(=O)CN(C)CCCCCC(=O)CN(C)CCN(C)CC(=O)O. The Kier molecular flexibility index (Phi) is 13.9. The van der Waals surface area contributed by atoms with Crippen LogP contribution in [0.3, 0.4) is 0 Å². The van der Waals surface area contributed by atoms with Crippen LogP contribution < -0.4 is 0 Å². The van der Waals surface area contributed by atoms with Gasteiger partial charge in [0.1, 0.15) is 11.9 Å². The van der Waals surface area contributed by atoms with Gasteiger partial charge in [-0.1, -0.05) is 13.3 Å². The van der Waals surface area contributed by atoms with Gasteiger partial charge in [-0.3, -0.25) is 29.1 Å². The van der Waals surface area contributed by atoms with Crippen molar-refractivity contribution < 1.29 is 24.6 Å². The minimum absolute atomic E-state index is 0.000759. The van der Waals surface area contributed by atoms with E-state index in [1.54, 1.807) is 18.9 Å². The number of unbranched alkanes of at least 4 members (excludes halogenated alkanes) is 2. The molecule has 0 radical (unpaired) electrons. The van der Waals surface area contributed by atoms with Crippen molar-refractivity contribution in [3.8, 4) is 0 Å². The molecule has 0 spiro atoms. The lowest BCUT2D eigenvalue weighted by atomic mass is 10.1. The second kappa shape index (κ2) is 14.7. The molecule has 158 valence electrons. The molecule has 0 saturated heterocycles. The number of likely N-dealkylation sites (N-methyl/N-ethyl adjacent to an activating group) is 3. The first kappa shape index (κ1) is 25.6. The fraction of sp³-hybridized carbons (Fsp3) is 0.842. The van der Waals surface area contributed by atoms with Crippen molar-refractivity contribution in [1.29, 1.82) is 0 Å². The van der Waals surface area contributed by atoms with Crippen LogP contribution in [-0.4, -0.2) is 109 Å². The van der Waals surface area contributed by atoms with Crippen LogP contribution in [-0.2, 0) is 14.4 Å². The van der Waals surface area contributed by atoms with Crippen molar-refractivity contribution in [3.63, 3.8) is 0 Å². The second-order valence-corrected chi connectivity index (χ2v) is 7.35. The van der Waals surface area contributed by atoms with Gasteiger partial charge >= 0.3 is 5.97 Å². The van der Waals surface area contributed by atoms with E-state index in [0.717, 1.165) is 25.8 Å². The number of carboxylic acids is 1. The van der Waals surface area contributed by atoms with Crippen LogP contribution in [0.25, 0.3) is 0 Å². The normalized spacial score (nSPS) is 12.7. The number of hydrogen-bond donors (Lipinski definition) is 2. The fourth-order valence-corrected chi connectivity index (χ4v) is 2.67. The van der Waals surface area contributed by atoms with E-state index < -0.39 is 12.1 Å². The number of carbonyl (C=O) groups excluding carboxylic acids is 2. The Labute approximate surface area is 163 Å². The Hall–Kier alpha value is -1.35. The summed E-state index contributed by atoms with van der Waals surface area (Å²) in [6, 6.07) is 0. The lowest BCUT2D eigenvalue weighted by molar-refractivity contribution is -0.138. The van der Waals surface area contributed by atoms with Gasteiger partial charge < -0.3 is 10.2 Å². The highest BCUT2D eigenvalue weighted by atomic mass is 16.4. The molecule has 0 aliphatic rings. The van der Waals surface area contributed by atoms with E-state index in [0.29, 0.717) is 32.5 Å². The van der Waals surface area contributed by atoms with E-state index >= 15 is 0 Å². The maximum atomic E-state index is 12.0. The Morgan fingerprint density at radius 1 is 0.815 bits per heavy atom. The van der Waals surface area contributed by atoms with Gasteiger partial charge in [0.05, 0.1) is 19.6 Å². The third kappa shape index (κ3) is 14.4. The third-order valence-electron chi connectivity index (χ3n) is 4.39. The summed E-state index contributed by atoms with van der Waals surface area (Å²) < 4.78 is 0. The average Bonchev–Trinajstić information content (AvgIpc) is 2.58. The van der Waals surface area contributed by atoms with E-state index in [1.165, 1.54) is 0 Å². The van der Waals surface area contributed by atoms with Crippen LogP contribution in [0.15, 0.2) is 0 Å². The van der Waals surface area contributed by atoms with Crippen molar-refractivity contribution in [1.82, 2.24) is 14.7 Å². The van der Waals surface area contributed by atoms with Gasteiger partial charge in [-0.15, -0.1) is 0 Å². The number of Topliss-reactive ketones (excluding diaryl/α,β-unsaturated/α-hetero) is 2. The Bertz CT molecular complexity index is 459. The molecule has 0 aliphatic carbocycles. The standard InChI is InChI=1S/C19H37N3O5/c1-5-17(24)18(25)14-20(2)10-8-6-7-9-16(23)13-21(3)11-12-22(4)15-19(26)27/h17,24H,5-15H2,1-4H3,(H,26,27)/t17-/m0/s1. The van der Waals surface area contributed by atoms with Gasteiger partial charge in [-0.25, -0.2) is 0 Å². The van der Waals surface area contributed by atoms with Crippen LogP contribution in [0, 0.1) is 0 Å². The predicted octanol–water partition coefficient (Wildman–Crippen LogP) is 0.336. The number of ketones is 2. The third-order valence-corrected chi connectivity index (χ3v) is 4.39. The molecule has 1 atom stereocenters. The maximum Gasteiger partial charge on any atom is 0.317 e. The first-order valence-corrected chi connectivity index (χ1v) is 9.65. The summed E-state index contributed by atoms with van der Waals surface area (Å²) in [6.45, 7) is 4.45. The molecule has 0 aromatic rings. The van der Waals surface area contributed by atoms with Crippen LogP contribution >= 0.6 is 0 Å². The molecule has 0 fully saturated rings. The average molecular weight is 388 g/mol. The molecule has 27 heavy (non-hydrogen) atoms. The molecule has 8 heteroatoms. The first-order valence-electron chi connectivity index (χ1n) is 9.65. The van der Waals surface area contributed by atoms with Crippen molar-refractivity contribution in [2.75, 3.05) is 60.4 Å². The van der Waals surface area contributed by atoms with Gasteiger partial charge in [-0.2, -0.15) is 0 Å². The first-order chi connectivity index (χ1) is 12.6. The van der Waals surface area contributed by atoms with Crippen LogP contribution in [0.5, 0.6) is 0 Å². The summed E-state index contributed by atoms with van der Waals surface area (Å²) in [7, 11) is 5.47. The summed E-state index contributed by atoms with van der Waals surface area (Å²) in [5.74, 6) is -0.812. The lowest BCUT2D eigenvalue weighted by Gasteiger charge is -2.20. The largest absolute Gasteiger partial charge is 0.480 e. The molecule has 0 saturated carbocycles. The quantitative estimate of drug-likeness (QED) is 0.345. The smallest absolute Gasteiger partial charge is 0.317 e. The number of aliphatic hydroxyl groups is 1. The Morgan fingerprint density at radius 2 is 1.37 bits per heavy atom. The van der Waals surface area contributed by atoms with Crippen molar-refractivity contribution in [3.05, 3.63) is 0 Å². The molecule has 0 heterocycles. The van der Waals surface area contributed by atoms with Crippen molar-refractivity contribution >= 4 is 17.5 Å². The molecule has 0 aliphatic heterocycles. The molecule has 2 N–H and O–H groups in total. The summed E-state index contributed by atoms with van der Waals surface area (Å²) in [6.07, 6.45) is 2.77. The van der Waals surface area contributed by atoms with E-state index in [-0.39, 0.29) is 24.7 Å². The number of aliphatic carboxylic acids is 1. The van der Waals surface area contributed by atoms with E-state index in [2.05, 4.69) is 0 Å². The molecule has 0 unspecified atom stereocenters. The summed E-state index contributed by atoms with van der Waals surface area (Å²) in [4.78, 5) is 39.8. The van der Waals surface area contributed by atoms with Crippen molar-refractivity contribution in [2.45, 2.75) is 45.1 Å². The molecular formula is C19H37N3O5. The second-order valence-electron chi connectivity index (χ2n) is 7.35. The predicted molar refractivity (Wildman–Crippen MR) is 105 cm³/mol. The highest BCUT2D eigenvalue weighted by molar-refractivity contribution is 5.84. The van der Waals surface area contributed by atoms with Crippen molar-refractivity contribution in [2.24, 2.45) is 0 Å². The molecule has 0 aromatic heterocycles. The number of carbonyl (C=O) groups is 3. The van der Waals surface area contributed by atoms with E-state index in [1.807, 2.05) is 23.9 Å². The lowest BCUT2D eigenvalue weighted by Crippen LogP contribution is -2.36. The molecule has 0 rings (SSSR count). The topological polar surface area (TPSA) is 101 Å². The van der Waals surface area contributed by atoms with Crippen LogP contribution in [0.2, 0.25) is 0 Å². The maximum absolute atomic E-state index is 12.0. The van der Waals surface area contributed by atoms with Gasteiger partial charge in [0.25, 0.3) is 0 Å². The fourth-order valence-electron chi connectivity index (χ4n) is 2.67.